The second-order valence-electron chi connectivity index (χ2n) is 4.58. The molecule has 0 aliphatic heterocycles. The molecule has 1 heteroatoms. The molecule has 0 heterocycles. The topological polar surface area (TPSA) is 12.0 Å². The molecule has 1 rings (SSSR count). The minimum absolute atomic E-state index is 0.939. The lowest BCUT2D eigenvalue weighted by Crippen LogP contribution is -2.29. The molecule has 0 bridgehead atoms. The van der Waals surface area contributed by atoms with Gasteiger partial charge in [-0.3, -0.25) is 0 Å². The largest absolute Gasteiger partial charge is 0.316 e. The number of hydrogen-bond acceptors (Lipinski definition) is 1. The normalized spacial score (nSPS) is 28.4. The maximum Gasteiger partial charge on any atom is -0.00142 e. The Morgan fingerprint density at radius 3 is 2.79 bits per heavy atom. The van der Waals surface area contributed by atoms with E-state index in [4.69, 9.17) is 0 Å². The molecule has 14 heavy (non-hydrogen) atoms. The SMILES string of the molecule is C/C=C/CCNCC1CCCCC1C. The van der Waals surface area contributed by atoms with Gasteiger partial charge < -0.3 is 5.32 Å². The van der Waals surface area contributed by atoms with Gasteiger partial charge in [0.1, 0.15) is 0 Å². The number of rotatable bonds is 5. The summed E-state index contributed by atoms with van der Waals surface area (Å²) in [4.78, 5) is 0. The summed E-state index contributed by atoms with van der Waals surface area (Å²) in [6, 6.07) is 0. The van der Waals surface area contributed by atoms with Crippen molar-refractivity contribution in [3.05, 3.63) is 12.2 Å². The quantitative estimate of drug-likeness (QED) is 0.524. The number of allylic oxidation sites excluding steroid dienone is 1. The van der Waals surface area contributed by atoms with Gasteiger partial charge in [-0.1, -0.05) is 38.3 Å². The Bertz CT molecular complexity index is 163. The standard InChI is InChI=1S/C13H25N/c1-3-4-7-10-14-11-13-9-6-5-8-12(13)2/h3-4,12-14H,5-11H2,1-2H3/b4-3+. The van der Waals surface area contributed by atoms with Crippen LogP contribution in [-0.2, 0) is 0 Å². The van der Waals surface area contributed by atoms with E-state index in [-0.39, 0.29) is 0 Å². The predicted octanol–water partition coefficient (Wildman–Crippen LogP) is 3.37. The van der Waals surface area contributed by atoms with Gasteiger partial charge in [0.15, 0.2) is 0 Å². The second kappa shape index (κ2) is 7.05. The molecule has 1 aliphatic rings. The van der Waals surface area contributed by atoms with Crippen LogP contribution in [0.15, 0.2) is 12.2 Å². The molecule has 0 amide bonds. The molecule has 82 valence electrons. The van der Waals surface area contributed by atoms with Gasteiger partial charge in [0.25, 0.3) is 0 Å². The van der Waals surface area contributed by atoms with E-state index in [1.165, 1.54) is 38.6 Å². The smallest absolute Gasteiger partial charge is 0.00142 e. The highest BCUT2D eigenvalue weighted by molar-refractivity contribution is 4.78. The fourth-order valence-electron chi connectivity index (χ4n) is 2.34. The molecule has 0 spiro atoms. The van der Waals surface area contributed by atoms with E-state index in [9.17, 15) is 0 Å². The Balaban J connectivity index is 2.04. The summed E-state index contributed by atoms with van der Waals surface area (Å²) in [6.45, 7) is 6.88. The molecule has 2 unspecified atom stereocenters. The van der Waals surface area contributed by atoms with Gasteiger partial charge >= 0.3 is 0 Å². The van der Waals surface area contributed by atoms with Crippen LogP contribution in [0.2, 0.25) is 0 Å². The summed E-state index contributed by atoms with van der Waals surface area (Å²) >= 11 is 0. The van der Waals surface area contributed by atoms with Crippen LogP contribution >= 0.6 is 0 Å². The number of hydrogen-bond donors (Lipinski definition) is 1. The average Bonchev–Trinajstić information content (AvgIpc) is 2.20. The van der Waals surface area contributed by atoms with E-state index in [1.807, 2.05) is 0 Å². The van der Waals surface area contributed by atoms with E-state index in [2.05, 4.69) is 31.3 Å². The Hall–Kier alpha value is -0.300. The third-order valence-corrected chi connectivity index (χ3v) is 3.42. The molecular formula is C13H25N. The zero-order valence-electron chi connectivity index (χ0n) is 9.76. The fraction of sp³-hybridized carbons (Fsp3) is 0.846. The Kier molecular flexibility index (Phi) is 5.93. The first-order valence-electron chi connectivity index (χ1n) is 6.16. The first-order chi connectivity index (χ1) is 6.84. The first-order valence-corrected chi connectivity index (χ1v) is 6.16. The van der Waals surface area contributed by atoms with Crippen molar-refractivity contribution < 1.29 is 0 Å². The second-order valence-corrected chi connectivity index (χ2v) is 4.58. The van der Waals surface area contributed by atoms with Crippen LogP contribution in [0.1, 0.15) is 46.0 Å². The van der Waals surface area contributed by atoms with Crippen molar-refractivity contribution in [3.8, 4) is 0 Å². The zero-order chi connectivity index (χ0) is 10.2. The van der Waals surface area contributed by atoms with Crippen LogP contribution < -0.4 is 5.32 Å². The summed E-state index contributed by atoms with van der Waals surface area (Å²) < 4.78 is 0. The van der Waals surface area contributed by atoms with Gasteiger partial charge in [-0.05, 0) is 44.7 Å². The maximum atomic E-state index is 3.57. The average molecular weight is 195 g/mol. The zero-order valence-corrected chi connectivity index (χ0v) is 9.76. The van der Waals surface area contributed by atoms with Gasteiger partial charge in [0, 0.05) is 0 Å². The van der Waals surface area contributed by atoms with Crippen LogP contribution in [-0.4, -0.2) is 13.1 Å². The van der Waals surface area contributed by atoms with Crippen LogP contribution in [0.4, 0.5) is 0 Å². The third kappa shape index (κ3) is 4.28. The van der Waals surface area contributed by atoms with Crippen molar-refractivity contribution in [2.45, 2.75) is 46.0 Å². The minimum Gasteiger partial charge on any atom is -0.316 e. The molecule has 0 aromatic heterocycles. The summed E-state index contributed by atoms with van der Waals surface area (Å²) in [6.07, 6.45) is 11.3. The molecule has 1 nitrogen and oxygen atoms in total. The summed E-state index contributed by atoms with van der Waals surface area (Å²) in [7, 11) is 0. The van der Waals surface area contributed by atoms with Gasteiger partial charge in [-0.25, -0.2) is 0 Å². The maximum absolute atomic E-state index is 3.57. The van der Waals surface area contributed by atoms with Crippen LogP contribution in [0.3, 0.4) is 0 Å². The molecule has 0 saturated heterocycles. The summed E-state index contributed by atoms with van der Waals surface area (Å²) in [5.74, 6) is 1.88. The Morgan fingerprint density at radius 2 is 2.07 bits per heavy atom. The molecule has 1 saturated carbocycles. The van der Waals surface area contributed by atoms with Crippen molar-refractivity contribution in [2.75, 3.05) is 13.1 Å². The van der Waals surface area contributed by atoms with Crippen molar-refractivity contribution in [2.24, 2.45) is 11.8 Å². The third-order valence-electron chi connectivity index (χ3n) is 3.42. The van der Waals surface area contributed by atoms with Gasteiger partial charge in [0.2, 0.25) is 0 Å². The molecule has 1 fully saturated rings. The van der Waals surface area contributed by atoms with E-state index >= 15 is 0 Å². The van der Waals surface area contributed by atoms with E-state index in [1.54, 1.807) is 0 Å². The lowest BCUT2D eigenvalue weighted by Gasteiger charge is -2.28. The molecular weight excluding hydrogens is 170 g/mol. The summed E-state index contributed by atoms with van der Waals surface area (Å²) in [5, 5.41) is 3.57. The molecule has 0 radical (unpaired) electrons. The highest BCUT2D eigenvalue weighted by Crippen LogP contribution is 2.28. The van der Waals surface area contributed by atoms with Gasteiger partial charge in [-0.2, -0.15) is 0 Å². The van der Waals surface area contributed by atoms with Gasteiger partial charge in [0.05, 0.1) is 0 Å². The molecule has 2 atom stereocenters. The number of nitrogens with one attached hydrogen (secondary N) is 1. The minimum atomic E-state index is 0.939. The molecule has 1 aliphatic carbocycles. The predicted molar refractivity (Wildman–Crippen MR) is 63.4 cm³/mol. The van der Waals surface area contributed by atoms with Crippen molar-refractivity contribution in [1.82, 2.24) is 5.32 Å². The van der Waals surface area contributed by atoms with Crippen molar-refractivity contribution >= 4 is 0 Å². The van der Waals surface area contributed by atoms with E-state index in [0.29, 0.717) is 0 Å². The van der Waals surface area contributed by atoms with Crippen LogP contribution in [0.5, 0.6) is 0 Å². The van der Waals surface area contributed by atoms with E-state index in [0.717, 1.165) is 18.4 Å². The van der Waals surface area contributed by atoms with Gasteiger partial charge in [-0.15, -0.1) is 0 Å². The Labute approximate surface area is 89.0 Å². The highest BCUT2D eigenvalue weighted by atomic mass is 14.9. The highest BCUT2D eigenvalue weighted by Gasteiger charge is 2.20. The lowest BCUT2D eigenvalue weighted by atomic mass is 9.80. The molecule has 0 aromatic rings. The lowest BCUT2D eigenvalue weighted by molar-refractivity contribution is 0.249. The molecule has 1 N–H and O–H groups in total. The van der Waals surface area contributed by atoms with Crippen LogP contribution in [0, 0.1) is 11.8 Å². The fourth-order valence-corrected chi connectivity index (χ4v) is 2.34. The van der Waals surface area contributed by atoms with E-state index < -0.39 is 0 Å². The van der Waals surface area contributed by atoms with Crippen molar-refractivity contribution in [1.29, 1.82) is 0 Å². The van der Waals surface area contributed by atoms with Crippen LogP contribution in [0.25, 0.3) is 0 Å². The van der Waals surface area contributed by atoms with Crippen molar-refractivity contribution in [3.63, 3.8) is 0 Å². The molecule has 0 aromatic carbocycles. The monoisotopic (exact) mass is 195 g/mol. The summed E-state index contributed by atoms with van der Waals surface area (Å²) in [5.41, 5.74) is 0. The Morgan fingerprint density at radius 1 is 1.29 bits per heavy atom. The first kappa shape index (κ1) is 11.8.